The molecule has 3 rings (SSSR count). The van der Waals surface area contributed by atoms with Gasteiger partial charge in [-0.05, 0) is 37.3 Å². The SMILES string of the molecule is CCC(Sc1nc(N[C@@H](CO)CC(C)C)c2sc(=O)[nH]c2n1)c1ncccc1C. The number of aromatic amines is 1. The lowest BCUT2D eigenvalue weighted by Gasteiger charge is -2.20. The molecule has 0 saturated carbocycles. The Morgan fingerprint density at radius 3 is 2.79 bits per heavy atom. The van der Waals surface area contributed by atoms with E-state index in [0.29, 0.717) is 27.2 Å². The number of hydrogen-bond acceptors (Lipinski definition) is 8. The van der Waals surface area contributed by atoms with Gasteiger partial charge in [0.2, 0.25) is 0 Å². The van der Waals surface area contributed by atoms with Gasteiger partial charge in [0.15, 0.2) is 16.6 Å². The maximum Gasteiger partial charge on any atom is 0.306 e. The Kier molecular flexibility index (Phi) is 7.26. The van der Waals surface area contributed by atoms with E-state index in [2.05, 4.69) is 54.0 Å². The van der Waals surface area contributed by atoms with Gasteiger partial charge in [-0.2, -0.15) is 0 Å². The van der Waals surface area contributed by atoms with Crippen molar-refractivity contribution in [1.82, 2.24) is 19.9 Å². The lowest BCUT2D eigenvalue weighted by Crippen LogP contribution is -2.26. The molecule has 0 amide bonds. The number of H-pyrrole nitrogens is 1. The molecule has 0 spiro atoms. The average Bonchev–Trinajstić information content (AvgIpc) is 3.06. The van der Waals surface area contributed by atoms with Crippen molar-refractivity contribution in [2.75, 3.05) is 11.9 Å². The van der Waals surface area contributed by atoms with Crippen molar-refractivity contribution in [2.45, 2.75) is 57.0 Å². The van der Waals surface area contributed by atoms with Gasteiger partial charge in [0, 0.05) is 6.20 Å². The van der Waals surface area contributed by atoms with Crippen LogP contribution in [-0.4, -0.2) is 37.7 Å². The molecule has 0 aromatic carbocycles. The number of thioether (sulfide) groups is 1. The van der Waals surface area contributed by atoms with Crippen molar-refractivity contribution in [3.8, 4) is 0 Å². The zero-order chi connectivity index (χ0) is 21.0. The number of aliphatic hydroxyl groups excluding tert-OH is 1. The average molecular weight is 434 g/mol. The van der Waals surface area contributed by atoms with Crippen LogP contribution in [0.3, 0.4) is 0 Å². The molecule has 0 radical (unpaired) electrons. The molecule has 0 aliphatic rings. The Bertz CT molecular complexity index is 1020. The molecular formula is C20H27N5O2S2. The lowest BCUT2D eigenvalue weighted by atomic mass is 10.0. The molecule has 2 atom stereocenters. The van der Waals surface area contributed by atoms with Gasteiger partial charge in [-0.3, -0.25) is 14.8 Å². The van der Waals surface area contributed by atoms with Crippen LogP contribution in [-0.2, 0) is 0 Å². The molecule has 0 bridgehead atoms. The van der Waals surface area contributed by atoms with E-state index in [1.165, 1.54) is 11.8 Å². The van der Waals surface area contributed by atoms with Gasteiger partial charge >= 0.3 is 4.87 Å². The molecule has 29 heavy (non-hydrogen) atoms. The third-order valence-corrected chi connectivity index (χ3v) is 6.66. The third kappa shape index (κ3) is 5.34. The van der Waals surface area contributed by atoms with Gasteiger partial charge in [-0.25, -0.2) is 9.97 Å². The van der Waals surface area contributed by atoms with Crippen molar-refractivity contribution in [2.24, 2.45) is 5.92 Å². The van der Waals surface area contributed by atoms with E-state index in [0.717, 1.165) is 35.4 Å². The van der Waals surface area contributed by atoms with Crippen LogP contribution < -0.4 is 10.2 Å². The second-order valence-electron chi connectivity index (χ2n) is 7.42. The first-order valence-corrected chi connectivity index (χ1v) is 11.5. The molecule has 0 aliphatic heterocycles. The summed E-state index contributed by atoms with van der Waals surface area (Å²) in [5, 5.41) is 13.8. The minimum Gasteiger partial charge on any atom is -0.394 e. The number of anilines is 1. The number of pyridine rings is 1. The summed E-state index contributed by atoms with van der Waals surface area (Å²) in [6.45, 7) is 8.38. The summed E-state index contributed by atoms with van der Waals surface area (Å²) >= 11 is 2.62. The zero-order valence-electron chi connectivity index (χ0n) is 17.1. The Hall–Kier alpha value is -1.97. The quantitative estimate of drug-likeness (QED) is 0.344. The molecule has 3 aromatic rings. The summed E-state index contributed by atoms with van der Waals surface area (Å²) in [7, 11) is 0. The van der Waals surface area contributed by atoms with Crippen molar-refractivity contribution in [1.29, 1.82) is 0 Å². The minimum absolute atomic E-state index is 0.00378. The summed E-state index contributed by atoms with van der Waals surface area (Å²) in [6, 6.07) is 3.85. The van der Waals surface area contributed by atoms with Gasteiger partial charge in [-0.15, -0.1) is 0 Å². The lowest BCUT2D eigenvalue weighted by molar-refractivity contribution is 0.259. The first-order chi connectivity index (χ1) is 13.9. The highest BCUT2D eigenvalue weighted by Gasteiger charge is 2.20. The zero-order valence-corrected chi connectivity index (χ0v) is 18.7. The van der Waals surface area contributed by atoms with E-state index in [-0.39, 0.29) is 22.8 Å². The first-order valence-electron chi connectivity index (χ1n) is 9.77. The number of hydrogen-bond donors (Lipinski definition) is 3. The Labute approximate surface area is 178 Å². The second kappa shape index (κ2) is 9.69. The number of nitrogens with one attached hydrogen (secondary N) is 2. The van der Waals surface area contributed by atoms with E-state index in [1.807, 2.05) is 6.07 Å². The summed E-state index contributed by atoms with van der Waals surface area (Å²) < 4.78 is 0.684. The maximum atomic E-state index is 11.9. The number of aryl methyl sites for hydroxylation is 1. The topological polar surface area (TPSA) is 104 Å². The van der Waals surface area contributed by atoms with Crippen molar-refractivity contribution < 1.29 is 5.11 Å². The van der Waals surface area contributed by atoms with Crippen molar-refractivity contribution in [3.63, 3.8) is 0 Å². The van der Waals surface area contributed by atoms with E-state index in [9.17, 15) is 9.90 Å². The van der Waals surface area contributed by atoms with Crippen LogP contribution >= 0.6 is 23.1 Å². The summed E-state index contributed by atoms with van der Waals surface area (Å²) in [5.41, 5.74) is 2.67. The molecular weight excluding hydrogens is 406 g/mol. The minimum atomic E-state index is -0.170. The molecule has 0 saturated heterocycles. The van der Waals surface area contributed by atoms with Gasteiger partial charge in [-0.1, -0.05) is 49.9 Å². The first kappa shape index (κ1) is 21.7. The number of fused-ring (bicyclic) bond motifs is 1. The Morgan fingerprint density at radius 2 is 2.14 bits per heavy atom. The van der Waals surface area contributed by atoms with E-state index in [1.54, 1.807) is 6.20 Å². The van der Waals surface area contributed by atoms with Crippen LogP contribution in [0.5, 0.6) is 0 Å². The molecule has 3 aromatic heterocycles. The molecule has 3 N–H and O–H groups in total. The van der Waals surface area contributed by atoms with Gasteiger partial charge in [0.1, 0.15) is 4.70 Å². The maximum absolute atomic E-state index is 11.9. The van der Waals surface area contributed by atoms with Gasteiger partial charge in [0.05, 0.1) is 23.6 Å². The number of nitrogens with zero attached hydrogens (tertiary/aromatic N) is 3. The van der Waals surface area contributed by atoms with Crippen molar-refractivity contribution in [3.05, 3.63) is 39.3 Å². The van der Waals surface area contributed by atoms with Crippen LogP contribution in [0.4, 0.5) is 5.82 Å². The normalized spacial score (nSPS) is 13.7. The summed E-state index contributed by atoms with van der Waals surface area (Å²) in [4.78, 5) is 28.4. The predicted octanol–water partition coefficient (Wildman–Crippen LogP) is 4.15. The Balaban J connectivity index is 1.96. The molecule has 1 unspecified atom stereocenters. The predicted molar refractivity (Wildman–Crippen MR) is 120 cm³/mol. The molecule has 0 fully saturated rings. The van der Waals surface area contributed by atoms with Crippen LogP contribution in [0.15, 0.2) is 28.3 Å². The van der Waals surface area contributed by atoms with E-state index in [4.69, 9.17) is 4.98 Å². The van der Waals surface area contributed by atoms with Crippen LogP contribution in [0, 0.1) is 12.8 Å². The van der Waals surface area contributed by atoms with E-state index >= 15 is 0 Å². The highest BCUT2D eigenvalue weighted by Crippen LogP contribution is 2.38. The summed E-state index contributed by atoms with van der Waals surface area (Å²) in [5.74, 6) is 1.01. The highest BCUT2D eigenvalue weighted by molar-refractivity contribution is 7.99. The molecule has 3 heterocycles. The highest BCUT2D eigenvalue weighted by atomic mass is 32.2. The third-order valence-electron chi connectivity index (χ3n) is 4.55. The largest absolute Gasteiger partial charge is 0.394 e. The fraction of sp³-hybridized carbons (Fsp3) is 0.500. The molecule has 0 aliphatic carbocycles. The molecule has 9 heteroatoms. The van der Waals surface area contributed by atoms with E-state index < -0.39 is 0 Å². The Morgan fingerprint density at radius 1 is 1.34 bits per heavy atom. The van der Waals surface area contributed by atoms with Gasteiger partial charge in [0.25, 0.3) is 0 Å². The number of aliphatic hydroxyl groups is 1. The second-order valence-corrected chi connectivity index (χ2v) is 9.57. The van der Waals surface area contributed by atoms with Crippen LogP contribution in [0.1, 0.15) is 50.1 Å². The number of rotatable bonds is 9. The standard InChI is InChI=1S/C20H27N5O2S2/c1-5-14(15-12(4)7-6-8-21-15)28-19-23-17(22-13(10-26)9-11(2)3)16-18(24-19)25-20(27)29-16/h6-8,11,13-14,26H,5,9-10H2,1-4H3,(H2,22,23,24,25,27)/t13-,14?/m1/s1. The monoisotopic (exact) mass is 433 g/mol. The van der Waals surface area contributed by atoms with Crippen LogP contribution in [0.2, 0.25) is 0 Å². The fourth-order valence-electron chi connectivity index (χ4n) is 3.21. The van der Waals surface area contributed by atoms with Crippen molar-refractivity contribution >= 4 is 39.3 Å². The summed E-state index contributed by atoms with van der Waals surface area (Å²) in [6.07, 6.45) is 3.48. The smallest absolute Gasteiger partial charge is 0.306 e. The number of aromatic nitrogens is 4. The fourth-order valence-corrected chi connectivity index (χ4v) is 5.01. The molecule has 7 nitrogen and oxygen atoms in total. The number of thiazole rings is 1. The molecule has 156 valence electrons. The van der Waals surface area contributed by atoms with Crippen LogP contribution in [0.25, 0.3) is 10.3 Å². The van der Waals surface area contributed by atoms with Gasteiger partial charge < -0.3 is 10.4 Å².